The monoisotopic (exact) mass is 425 g/mol. The lowest BCUT2D eigenvalue weighted by atomic mass is 10.3. The SMILES string of the molecule is C[C@@H](OC(=O)CSc1nc2ccccc2o1)C(=O)Nc1ncc(Cl)cc1Cl. The van der Waals surface area contributed by atoms with Gasteiger partial charge in [-0.2, -0.15) is 0 Å². The number of thioether (sulfide) groups is 1. The van der Waals surface area contributed by atoms with Crippen molar-refractivity contribution in [2.24, 2.45) is 0 Å². The van der Waals surface area contributed by atoms with Crippen molar-refractivity contribution in [2.45, 2.75) is 18.3 Å². The lowest BCUT2D eigenvalue weighted by Crippen LogP contribution is -2.30. The minimum absolute atomic E-state index is 0.0512. The number of carbonyl (C=O) groups excluding carboxylic acids is 2. The van der Waals surface area contributed by atoms with Crippen molar-refractivity contribution in [2.75, 3.05) is 11.1 Å². The minimum atomic E-state index is -1.03. The van der Waals surface area contributed by atoms with Crippen molar-refractivity contribution < 1.29 is 18.7 Å². The summed E-state index contributed by atoms with van der Waals surface area (Å²) in [6.45, 7) is 1.45. The molecule has 1 atom stereocenters. The molecular weight excluding hydrogens is 413 g/mol. The van der Waals surface area contributed by atoms with Crippen LogP contribution in [0.3, 0.4) is 0 Å². The van der Waals surface area contributed by atoms with E-state index in [1.165, 1.54) is 19.2 Å². The van der Waals surface area contributed by atoms with Crippen molar-refractivity contribution in [3.63, 3.8) is 0 Å². The molecule has 2 aromatic heterocycles. The normalized spacial score (nSPS) is 12.0. The number of amides is 1. The average Bonchev–Trinajstić information content (AvgIpc) is 3.05. The summed E-state index contributed by atoms with van der Waals surface area (Å²) in [4.78, 5) is 32.2. The highest BCUT2D eigenvalue weighted by Crippen LogP contribution is 2.24. The first-order chi connectivity index (χ1) is 12.9. The van der Waals surface area contributed by atoms with Gasteiger partial charge in [0.15, 0.2) is 17.5 Å². The fraction of sp³-hybridized carbons (Fsp3) is 0.176. The highest BCUT2D eigenvalue weighted by Gasteiger charge is 2.20. The third kappa shape index (κ3) is 5.12. The van der Waals surface area contributed by atoms with E-state index in [9.17, 15) is 9.59 Å². The number of fused-ring (bicyclic) bond motifs is 1. The van der Waals surface area contributed by atoms with Gasteiger partial charge in [0.2, 0.25) is 0 Å². The second-order valence-corrected chi connectivity index (χ2v) is 7.11. The summed E-state index contributed by atoms with van der Waals surface area (Å²) in [5.74, 6) is -1.06. The topological polar surface area (TPSA) is 94.3 Å². The van der Waals surface area contributed by atoms with Gasteiger partial charge in [0.1, 0.15) is 11.3 Å². The summed E-state index contributed by atoms with van der Waals surface area (Å²) in [6, 6.07) is 8.71. The van der Waals surface area contributed by atoms with Crippen LogP contribution in [0.1, 0.15) is 6.92 Å². The van der Waals surface area contributed by atoms with Crippen molar-refractivity contribution in [3.8, 4) is 0 Å². The molecule has 0 saturated carbocycles. The lowest BCUT2D eigenvalue weighted by Gasteiger charge is -2.13. The first-order valence-corrected chi connectivity index (χ1v) is 9.46. The molecule has 0 unspecified atom stereocenters. The number of hydrogen-bond donors (Lipinski definition) is 1. The van der Waals surface area contributed by atoms with Crippen LogP contribution in [0.25, 0.3) is 11.1 Å². The summed E-state index contributed by atoms with van der Waals surface area (Å²) in [6.07, 6.45) is 0.312. The minimum Gasteiger partial charge on any atom is -0.452 e. The maximum atomic E-state index is 12.1. The summed E-state index contributed by atoms with van der Waals surface area (Å²) in [7, 11) is 0. The smallest absolute Gasteiger partial charge is 0.317 e. The number of nitrogens with zero attached hydrogens (tertiary/aromatic N) is 2. The Labute approximate surface area is 168 Å². The zero-order chi connectivity index (χ0) is 19.4. The molecule has 0 aliphatic rings. The Balaban J connectivity index is 1.51. The highest BCUT2D eigenvalue weighted by molar-refractivity contribution is 7.99. The molecule has 0 saturated heterocycles. The van der Waals surface area contributed by atoms with Crippen LogP contribution in [0.5, 0.6) is 0 Å². The van der Waals surface area contributed by atoms with E-state index in [1.807, 2.05) is 18.2 Å². The molecule has 3 aromatic rings. The van der Waals surface area contributed by atoms with E-state index >= 15 is 0 Å². The number of carbonyl (C=O) groups is 2. The van der Waals surface area contributed by atoms with E-state index in [0.717, 1.165) is 11.8 Å². The fourth-order valence-electron chi connectivity index (χ4n) is 2.04. The first-order valence-electron chi connectivity index (χ1n) is 7.72. The van der Waals surface area contributed by atoms with Gasteiger partial charge in [-0.15, -0.1) is 0 Å². The van der Waals surface area contributed by atoms with Gasteiger partial charge < -0.3 is 14.5 Å². The molecule has 3 rings (SSSR count). The van der Waals surface area contributed by atoms with Crippen LogP contribution in [-0.2, 0) is 14.3 Å². The Bertz CT molecular complexity index is 962. The van der Waals surface area contributed by atoms with Gasteiger partial charge >= 0.3 is 5.97 Å². The van der Waals surface area contributed by atoms with Gasteiger partial charge in [-0.25, -0.2) is 9.97 Å². The molecule has 10 heteroatoms. The average molecular weight is 426 g/mol. The third-order valence-corrected chi connectivity index (χ3v) is 4.61. The largest absolute Gasteiger partial charge is 0.452 e. The fourth-order valence-corrected chi connectivity index (χ4v) is 3.09. The molecule has 2 heterocycles. The second kappa shape index (κ2) is 8.60. The number of anilines is 1. The van der Waals surface area contributed by atoms with E-state index < -0.39 is 18.0 Å². The maximum Gasteiger partial charge on any atom is 0.317 e. The Morgan fingerprint density at radius 2 is 2.11 bits per heavy atom. The summed E-state index contributed by atoms with van der Waals surface area (Å²) in [5.41, 5.74) is 1.34. The summed E-state index contributed by atoms with van der Waals surface area (Å²) in [5, 5.41) is 3.35. The Morgan fingerprint density at radius 3 is 2.85 bits per heavy atom. The Hall–Kier alpha value is -2.29. The Morgan fingerprint density at radius 1 is 1.33 bits per heavy atom. The van der Waals surface area contributed by atoms with Crippen LogP contribution < -0.4 is 5.32 Å². The second-order valence-electron chi connectivity index (χ2n) is 5.34. The molecule has 0 spiro atoms. The zero-order valence-corrected chi connectivity index (χ0v) is 16.3. The van der Waals surface area contributed by atoms with Gasteiger partial charge in [0, 0.05) is 6.20 Å². The van der Waals surface area contributed by atoms with E-state index in [0.29, 0.717) is 21.3 Å². The van der Waals surface area contributed by atoms with Crippen LogP contribution in [-0.4, -0.2) is 33.7 Å². The summed E-state index contributed by atoms with van der Waals surface area (Å²) < 4.78 is 10.6. The molecular formula is C17H13Cl2N3O4S. The van der Waals surface area contributed by atoms with Crippen molar-refractivity contribution in [1.29, 1.82) is 0 Å². The predicted octanol–water partition coefficient (Wildman–Crippen LogP) is 4.19. The zero-order valence-electron chi connectivity index (χ0n) is 13.9. The van der Waals surface area contributed by atoms with Crippen LogP contribution >= 0.6 is 35.0 Å². The van der Waals surface area contributed by atoms with Crippen molar-refractivity contribution in [3.05, 3.63) is 46.6 Å². The number of halogens is 2. The number of nitrogens with one attached hydrogen (secondary N) is 1. The number of aromatic nitrogens is 2. The van der Waals surface area contributed by atoms with Gasteiger partial charge in [0.25, 0.3) is 11.1 Å². The van der Waals surface area contributed by atoms with Crippen molar-refractivity contribution >= 4 is 63.8 Å². The number of rotatable bonds is 6. The first kappa shape index (κ1) is 19.5. The van der Waals surface area contributed by atoms with Crippen LogP contribution in [0.15, 0.2) is 46.2 Å². The standard InChI is InChI=1S/C17H13Cl2N3O4S/c1-9(16(24)22-15-11(19)6-10(18)7-20-15)25-14(23)8-27-17-21-12-4-2-3-5-13(12)26-17/h2-7,9H,8H2,1H3,(H,20,22,24)/t9-/m1/s1. The Kier molecular flexibility index (Phi) is 6.20. The van der Waals surface area contributed by atoms with E-state index in [4.69, 9.17) is 32.4 Å². The van der Waals surface area contributed by atoms with Gasteiger partial charge in [-0.05, 0) is 25.1 Å². The molecule has 27 heavy (non-hydrogen) atoms. The van der Waals surface area contributed by atoms with Gasteiger partial charge in [-0.1, -0.05) is 47.1 Å². The van der Waals surface area contributed by atoms with Gasteiger partial charge in [0.05, 0.1) is 10.0 Å². The van der Waals surface area contributed by atoms with Crippen LogP contribution in [0.4, 0.5) is 5.82 Å². The molecule has 1 N–H and O–H groups in total. The quantitative estimate of drug-likeness (QED) is 0.467. The van der Waals surface area contributed by atoms with Crippen LogP contribution in [0.2, 0.25) is 10.0 Å². The molecule has 0 aliphatic heterocycles. The van der Waals surface area contributed by atoms with Crippen LogP contribution in [0, 0.1) is 0 Å². The van der Waals surface area contributed by atoms with E-state index in [-0.39, 0.29) is 16.6 Å². The molecule has 7 nitrogen and oxygen atoms in total. The number of hydrogen-bond acceptors (Lipinski definition) is 7. The molecule has 0 aliphatic carbocycles. The summed E-state index contributed by atoms with van der Waals surface area (Å²) >= 11 is 12.8. The molecule has 1 aromatic carbocycles. The molecule has 140 valence electrons. The molecule has 1 amide bonds. The number of benzene rings is 1. The van der Waals surface area contributed by atoms with Crippen molar-refractivity contribution in [1.82, 2.24) is 9.97 Å². The van der Waals surface area contributed by atoms with E-state index in [2.05, 4.69) is 15.3 Å². The number of esters is 1. The number of ether oxygens (including phenoxy) is 1. The predicted molar refractivity (Wildman–Crippen MR) is 103 cm³/mol. The maximum absolute atomic E-state index is 12.1. The lowest BCUT2D eigenvalue weighted by molar-refractivity contribution is -0.150. The number of oxazole rings is 1. The number of pyridine rings is 1. The number of para-hydroxylation sites is 2. The molecule has 0 radical (unpaired) electrons. The van der Waals surface area contributed by atoms with E-state index in [1.54, 1.807) is 6.07 Å². The molecule has 0 fully saturated rings. The third-order valence-electron chi connectivity index (χ3n) is 3.31. The molecule has 0 bridgehead atoms. The highest BCUT2D eigenvalue weighted by atomic mass is 35.5. The van der Waals surface area contributed by atoms with Gasteiger partial charge in [-0.3, -0.25) is 9.59 Å².